The van der Waals surface area contributed by atoms with Crippen molar-refractivity contribution in [2.75, 3.05) is 0 Å². The van der Waals surface area contributed by atoms with Crippen molar-refractivity contribution in [2.24, 2.45) is 0 Å². The molecular weight excluding hydrogens is 366 g/mol. The number of hydrogen-bond donors (Lipinski definition) is 1. The average molecular weight is 376 g/mol. The molecular formula is C17H10F2N2O2S2. The lowest BCUT2D eigenvalue weighted by Crippen LogP contribution is -2.10. The number of furan rings is 1. The third kappa shape index (κ3) is 3.10. The highest BCUT2D eigenvalue weighted by molar-refractivity contribution is 7.98. The minimum absolute atomic E-state index is 0.266. The van der Waals surface area contributed by atoms with Gasteiger partial charge in [-0.1, -0.05) is 0 Å². The van der Waals surface area contributed by atoms with Gasteiger partial charge in [-0.05, 0) is 24.3 Å². The number of fused-ring (bicyclic) bond motifs is 1. The lowest BCUT2D eigenvalue weighted by molar-refractivity contribution is 0.565. The number of nitrogens with zero attached hydrogens (tertiary/aromatic N) is 1. The summed E-state index contributed by atoms with van der Waals surface area (Å²) in [6, 6.07) is 6.92. The normalized spacial score (nSPS) is 11.3. The standard InChI is InChI=1S/C17H10F2N2O2S2/c18-9-3-4-13(11(19)6-9)24-8-14-20-16(22)15-10(7-25-17(15)21-14)12-2-1-5-23-12/h1-7H,8H2,(H,20,21,22). The Morgan fingerprint density at radius 1 is 1.28 bits per heavy atom. The Morgan fingerprint density at radius 3 is 2.92 bits per heavy atom. The molecule has 0 aliphatic rings. The van der Waals surface area contributed by atoms with Crippen LogP contribution in [0.5, 0.6) is 0 Å². The molecule has 0 unspecified atom stereocenters. The SMILES string of the molecule is O=c1[nH]c(CSc2ccc(F)cc2F)nc2scc(-c3ccco3)c12. The van der Waals surface area contributed by atoms with Gasteiger partial charge < -0.3 is 9.40 Å². The quantitative estimate of drug-likeness (QED) is 0.519. The van der Waals surface area contributed by atoms with Crippen LogP contribution in [-0.2, 0) is 5.75 Å². The molecule has 0 radical (unpaired) electrons. The number of halogens is 2. The number of nitrogens with one attached hydrogen (secondary N) is 1. The molecule has 0 saturated carbocycles. The molecule has 3 aromatic heterocycles. The molecule has 4 aromatic rings. The molecule has 4 nitrogen and oxygen atoms in total. The second-order valence-corrected chi connectivity index (χ2v) is 7.06. The van der Waals surface area contributed by atoms with Crippen molar-refractivity contribution in [3.63, 3.8) is 0 Å². The molecule has 0 spiro atoms. The summed E-state index contributed by atoms with van der Waals surface area (Å²) in [5.41, 5.74) is 0.426. The molecule has 0 saturated heterocycles. The molecule has 1 aromatic carbocycles. The van der Waals surface area contributed by atoms with Gasteiger partial charge in [-0.25, -0.2) is 13.8 Å². The van der Waals surface area contributed by atoms with Gasteiger partial charge in [0.05, 0.1) is 17.4 Å². The Hall–Kier alpha value is -2.45. The molecule has 0 bridgehead atoms. The van der Waals surface area contributed by atoms with Gasteiger partial charge in [-0.15, -0.1) is 23.1 Å². The van der Waals surface area contributed by atoms with Gasteiger partial charge in [0.15, 0.2) is 0 Å². The Bertz CT molecular complexity index is 1100. The fourth-order valence-electron chi connectivity index (χ4n) is 2.41. The highest BCUT2D eigenvalue weighted by Crippen LogP contribution is 2.31. The Labute approximate surface area is 148 Å². The van der Waals surface area contributed by atoms with E-state index in [4.69, 9.17) is 4.42 Å². The molecule has 3 heterocycles. The van der Waals surface area contributed by atoms with E-state index in [1.165, 1.54) is 23.5 Å². The van der Waals surface area contributed by atoms with Crippen molar-refractivity contribution in [2.45, 2.75) is 10.6 Å². The van der Waals surface area contributed by atoms with E-state index >= 15 is 0 Å². The zero-order chi connectivity index (χ0) is 17.4. The van der Waals surface area contributed by atoms with Crippen molar-refractivity contribution in [3.8, 4) is 11.3 Å². The smallest absolute Gasteiger partial charge is 0.260 e. The molecule has 0 aliphatic carbocycles. The zero-order valence-corrected chi connectivity index (χ0v) is 14.2. The zero-order valence-electron chi connectivity index (χ0n) is 12.6. The summed E-state index contributed by atoms with van der Waals surface area (Å²) in [5.74, 6) is 0.0402. The molecule has 8 heteroatoms. The highest BCUT2D eigenvalue weighted by Gasteiger charge is 2.15. The number of aromatic nitrogens is 2. The first-order valence-electron chi connectivity index (χ1n) is 7.24. The fraction of sp³-hybridized carbons (Fsp3) is 0.0588. The summed E-state index contributed by atoms with van der Waals surface area (Å²) in [7, 11) is 0. The molecule has 0 fully saturated rings. The van der Waals surface area contributed by atoms with E-state index in [0.717, 1.165) is 17.8 Å². The average Bonchev–Trinajstić information content (AvgIpc) is 3.23. The van der Waals surface area contributed by atoms with Crippen LogP contribution in [-0.4, -0.2) is 9.97 Å². The van der Waals surface area contributed by atoms with Gasteiger partial charge in [0, 0.05) is 21.9 Å². The third-order valence-electron chi connectivity index (χ3n) is 3.54. The van der Waals surface area contributed by atoms with Crippen molar-refractivity contribution in [3.05, 3.63) is 69.8 Å². The number of H-pyrrole nitrogens is 1. The van der Waals surface area contributed by atoms with E-state index in [-0.39, 0.29) is 11.3 Å². The molecule has 0 aliphatic heterocycles. The maximum absolute atomic E-state index is 13.7. The summed E-state index contributed by atoms with van der Waals surface area (Å²) in [4.78, 5) is 20.5. The summed E-state index contributed by atoms with van der Waals surface area (Å²) < 4.78 is 32.0. The largest absolute Gasteiger partial charge is 0.464 e. The lowest BCUT2D eigenvalue weighted by Gasteiger charge is -2.03. The number of hydrogen-bond acceptors (Lipinski definition) is 5. The second-order valence-electron chi connectivity index (χ2n) is 5.18. The maximum Gasteiger partial charge on any atom is 0.260 e. The monoisotopic (exact) mass is 376 g/mol. The van der Waals surface area contributed by atoms with Gasteiger partial charge in [0.2, 0.25) is 0 Å². The van der Waals surface area contributed by atoms with Crippen LogP contribution in [0.25, 0.3) is 21.5 Å². The van der Waals surface area contributed by atoms with Crippen LogP contribution in [0.2, 0.25) is 0 Å². The van der Waals surface area contributed by atoms with Crippen LogP contribution in [0, 0.1) is 11.6 Å². The summed E-state index contributed by atoms with van der Waals surface area (Å²) in [6.45, 7) is 0. The Balaban J connectivity index is 1.64. The maximum atomic E-state index is 13.7. The molecule has 25 heavy (non-hydrogen) atoms. The number of aromatic amines is 1. The number of thioether (sulfide) groups is 1. The Morgan fingerprint density at radius 2 is 2.16 bits per heavy atom. The number of rotatable bonds is 4. The van der Waals surface area contributed by atoms with Gasteiger partial charge in [0.1, 0.15) is 28.0 Å². The highest BCUT2D eigenvalue weighted by atomic mass is 32.2. The van der Waals surface area contributed by atoms with E-state index in [9.17, 15) is 13.6 Å². The van der Waals surface area contributed by atoms with E-state index in [0.29, 0.717) is 32.3 Å². The molecule has 1 N–H and O–H groups in total. The fourth-order valence-corrected chi connectivity index (χ4v) is 4.15. The van der Waals surface area contributed by atoms with Crippen molar-refractivity contribution in [1.29, 1.82) is 0 Å². The first-order chi connectivity index (χ1) is 12.1. The second kappa shape index (κ2) is 6.45. The summed E-state index contributed by atoms with van der Waals surface area (Å²) in [6.07, 6.45) is 1.54. The minimum Gasteiger partial charge on any atom is -0.464 e. The molecule has 126 valence electrons. The summed E-state index contributed by atoms with van der Waals surface area (Å²) >= 11 is 2.49. The Kier molecular flexibility index (Phi) is 4.14. The topological polar surface area (TPSA) is 58.9 Å². The van der Waals surface area contributed by atoms with Gasteiger partial charge >= 0.3 is 0 Å². The van der Waals surface area contributed by atoms with E-state index in [1.807, 2.05) is 5.38 Å². The van der Waals surface area contributed by atoms with Crippen molar-refractivity contribution >= 4 is 33.3 Å². The molecule has 4 rings (SSSR count). The number of thiophene rings is 1. The first-order valence-corrected chi connectivity index (χ1v) is 9.10. The lowest BCUT2D eigenvalue weighted by atomic mass is 10.2. The first kappa shape index (κ1) is 16.0. The van der Waals surface area contributed by atoms with Crippen LogP contribution < -0.4 is 5.56 Å². The van der Waals surface area contributed by atoms with Gasteiger partial charge in [-0.2, -0.15) is 0 Å². The minimum atomic E-state index is -0.635. The van der Waals surface area contributed by atoms with Gasteiger partial charge in [0.25, 0.3) is 5.56 Å². The van der Waals surface area contributed by atoms with Gasteiger partial charge in [-0.3, -0.25) is 4.79 Å². The van der Waals surface area contributed by atoms with E-state index in [2.05, 4.69) is 9.97 Å². The molecule has 0 amide bonds. The predicted octanol–water partition coefficient (Wildman–Crippen LogP) is 4.82. The van der Waals surface area contributed by atoms with Crippen LogP contribution >= 0.6 is 23.1 Å². The molecule has 0 atom stereocenters. The van der Waals surface area contributed by atoms with Crippen LogP contribution in [0.4, 0.5) is 8.78 Å². The van der Waals surface area contributed by atoms with Crippen LogP contribution in [0.3, 0.4) is 0 Å². The van der Waals surface area contributed by atoms with E-state index in [1.54, 1.807) is 18.4 Å². The van der Waals surface area contributed by atoms with Crippen molar-refractivity contribution in [1.82, 2.24) is 9.97 Å². The number of benzene rings is 1. The van der Waals surface area contributed by atoms with Crippen LogP contribution in [0.15, 0.2) is 56.1 Å². The summed E-state index contributed by atoms with van der Waals surface area (Å²) in [5, 5.41) is 2.30. The third-order valence-corrected chi connectivity index (χ3v) is 5.47. The van der Waals surface area contributed by atoms with E-state index < -0.39 is 11.6 Å². The van der Waals surface area contributed by atoms with Crippen molar-refractivity contribution < 1.29 is 13.2 Å². The van der Waals surface area contributed by atoms with Crippen LogP contribution in [0.1, 0.15) is 5.82 Å². The predicted molar refractivity (Wildman–Crippen MR) is 93.9 cm³/mol.